The largest absolute Gasteiger partial charge is 0.396 e. The minimum atomic E-state index is 0.250. The van der Waals surface area contributed by atoms with Gasteiger partial charge in [0, 0.05) is 26.2 Å². The average Bonchev–Trinajstić information content (AvgIpc) is 2.29. The Balaban J connectivity index is 2.10. The number of morpholine rings is 1. The summed E-state index contributed by atoms with van der Waals surface area (Å²) in [5.74, 6) is 0.330. The summed E-state index contributed by atoms with van der Waals surface area (Å²) in [5.41, 5.74) is 0. The molecule has 1 heterocycles. The van der Waals surface area contributed by atoms with Gasteiger partial charge in [-0.1, -0.05) is 13.8 Å². The molecular formula is C11H24N2O2. The summed E-state index contributed by atoms with van der Waals surface area (Å²) < 4.78 is 5.66. The first-order valence-electron chi connectivity index (χ1n) is 5.91. The molecule has 1 saturated heterocycles. The molecule has 0 radical (unpaired) electrons. The Morgan fingerprint density at radius 2 is 2.40 bits per heavy atom. The van der Waals surface area contributed by atoms with E-state index in [-0.39, 0.29) is 6.61 Å². The van der Waals surface area contributed by atoms with Gasteiger partial charge in [-0.15, -0.1) is 0 Å². The minimum absolute atomic E-state index is 0.250. The number of hydrogen-bond acceptors (Lipinski definition) is 4. The third-order valence-electron chi connectivity index (χ3n) is 2.85. The quantitative estimate of drug-likeness (QED) is 0.652. The fourth-order valence-corrected chi connectivity index (χ4v) is 1.75. The maximum atomic E-state index is 8.87. The summed E-state index contributed by atoms with van der Waals surface area (Å²) in [6.07, 6.45) is 0.310. The maximum Gasteiger partial charge on any atom is 0.0826 e. The van der Waals surface area contributed by atoms with Gasteiger partial charge in [-0.2, -0.15) is 0 Å². The van der Waals surface area contributed by atoms with Crippen molar-refractivity contribution >= 4 is 0 Å². The second kappa shape index (κ2) is 7.17. The predicted octanol–water partition coefficient (Wildman–Crippen LogP) is -0.0749. The van der Waals surface area contributed by atoms with Gasteiger partial charge in [0.1, 0.15) is 0 Å². The van der Waals surface area contributed by atoms with Crippen LogP contribution in [0.5, 0.6) is 0 Å². The Bertz CT molecular complexity index is 167. The second-order valence-corrected chi connectivity index (χ2v) is 4.33. The number of likely N-dealkylation sites (N-methyl/N-ethyl adjacent to an activating group) is 1. The van der Waals surface area contributed by atoms with Gasteiger partial charge >= 0.3 is 0 Å². The molecule has 2 atom stereocenters. The summed E-state index contributed by atoms with van der Waals surface area (Å²) in [6, 6.07) is 0. The van der Waals surface area contributed by atoms with Crippen molar-refractivity contribution in [3.8, 4) is 0 Å². The van der Waals surface area contributed by atoms with Crippen LogP contribution >= 0.6 is 0 Å². The predicted molar refractivity (Wildman–Crippen MR) is 61.0 cm³/mol. The highest BCUT2D eigenvalue weighted by molar-refractivity contribution is 4.72. The van der Waals surface area contributed by atoms with Crippen molar-refractivity contribution in [1.29, 1.82) is 0 Å². The van der Waals surface area contributed by atoms with E-state index in [0.29, 0.717) is 12.0 Å². The first-order chi connectivity index (χ1) is 7.26. The van der Waals surface area contributed by atoms with Crippen LogP contribution in [0.4, 0.5) is 0 Å². The molecule has 1 aliphatic rings. The number of nitrogens with zero attached hydrogens (tertiary/aromatic N) is 1. The SMILES string of the molecule is CCN1CCOC(CNCC(C)CO)C1. The third kappa shape index (κ3) is 4.93. The van der Waals surface area contributed by atoms with E-state index in [0.717, 1.165) is 39.3 Å². The molecule has 1 fully saturated rings. The zero-order valence-electron chi connectivity index (χ0n) is 9.91. The second-order valence-electron chi connectivity index (χ2n) is 4.33. The van der Waals surface area contributed by atoms with Gasteiger partial charge in [0.2, 0.25) is 0 Å². The molecular weight excluding hydrogens is 192 g/mol. The molecule has 0 amide bonds. The van der Waals surface area contributed by atoms with Crippen molar-refractivity contribution in [3.05, 3.63) is 0 Å². The third-order valence-corrected chi connectivity index (χ3v) is 2.85. The molecule has 4 heteroatoms. The number of aliphatic hydroxyl groups is 1. The fraction of sp³-hybridized carbons (Fsp3) is 1.00. The highest BCUT2D eigenvalue weighted by Crippen LogP contribution is 2.03. The van der Waals surface area contributed by atoms with Crippen molar-refractivity contribution < 1.29 is 9.84 Å². The Morgan fingerprint density at radius 3 is 3.07 bits per heavy atom. The van der Waals surface area contributed by atoms with Gasteiger partial charge in [0.05, 0.1) is 12.7 Å². The lowest BCUT2D eigenvalue weighted by atomic mass is 10.2. The van der Waals surface area contributed by atoms with E-state index in [1.807, 2.05) is 6.92 Å². The van der Waals surface area contributed by atoms with E-state index < -0.39 is 0 Å². The molecule has 1 rings (SSSR count). The van der Waals surface area contributed by atoms with Gasteiger partial charge < -0.3 is 15.2 Å². The molecule has 0 aliphatic carbocycles. The van der Waals surface area contributed by atoms with Gasteiger partial charge in [0.25, 0.3) is 0 Å². The first-order valence-corrected chi connectivity index (χ1v) is 5.91. The molecule has 2 N–H and O–H groups in total. The smallest absolute Gasteiger partial charge is 0.0826 e. The van der Waals surface area contributed by atoms with Crippen LogP contribution in [-0.2, 0) is 4.74 Å². The van der Waals surface area contributed by atoms with Gasteiger partial charge in [-0.25, -0.2) is 0 Å². The highest BCUT2D eigenvalue weighted by atomic mass is 16.5. The van der Waals surface area contributed by atoms with Crippen LogP contribution in [0, 0.1) is 5.92 Å². The van der Waals surface area contributed by atoms with Gasteiger partial charge in [-0.3, -0.25) is 4.90 Å². The normalized spacial score (nSPS) is 25.4. The van der Waals surface area contributed by atoms with Crippen LogP contribution in [0.1, 0.15) is 13.8 Å². The summed E-state index contributed by atoms with van der Waals surface area (Å²) in [4.78, 5) is 2.41. The fourth-order valence-electron chi connectivity index (χ4n) is 1.75. The summed E-state index contributed by atoms with van der Waals surface area (Å²) in [6.45, 7) is 10.2. The summed E-state index contributed by atoms with van der Waals surface area (Å²) >= 11 is 0. The monoisotopic (exact) mass is 216 g/mol. The van der Waals surface area contributed by atoms with Crippen LogP contribution in [0.15, 0.2) is 0 Å². The lowest BCUT2D eigenvalue weighted by Gasteiger charge is -2.32. The minimum Gasteiger partial charge on any atom is -0.396 e. The van der Waals surface area contributed by atoms with Crippen molar-refractivity contribution in [1.82, 2.24) is 10.2 Å². The van der Waals surface area contributed by atoms with E-state index in [1.165, 1.54) is 0 Å². The van der Waals surface area contributed by atoms with Gasteiger partial charge in [-0.05, 0) is 19.0 Å². The lowest BCUT2D eigenvalue weighted by molar-refractivity contribution is -0.0256. The Kier molecular flexibility index (Phi) is 6.17. The summed E-state index contributed by atoms with van der Waals surface area (Å²) in [5, 5.41) is 12.2. The number of rotatable bonds is 6. The maximum absolute atomic E-state index is 8.87. The van der Waals surface area contributed by atoms with Crippen molar-refractivity contribution in [2.45, 2.75) is 20.0 Å². The molecule has 0 aromatic heterocycles. The van der Waals surface area contributed by atoms with Crippen LogP contribution < -0.4 is 5.32 Å². The summed E-state index contributed by atoms with van der Waals surface area (Å²) in [7, 11) is 0. The molecule has 0 saturated carbocycles. The Hall–Kier alpha value is -0.160. The van der Waals surface area contributed by atoms with E-state index in [4.69, 9.17) is 9.84 Å². The molecule has 4 nitrogen and oxygen atoms in total. The van der Waals surface area contributed by atoms with Crippen LogP contribution in [0.3, 0.4) is 0 Å². The topological polar surface area (TPSA) is 44.7 Å². The molecule has 0 aromatic rings. The molecule has 2 unspecified atom stereocenters. The number of hydrogen-bond donors (Lipinski definition) is 2. The highest BCUT2D eigenvalue weighted by Gasteiger charge is 2.18. The number of ether oxygens (including phenoxy) is 1. The number of nitrogens with one attached hydrogen (secondary N) is 1. The number of aliphatic hydroxyl groups excluding tert-OH is 1. The van der Waals surface area contributed by atoms with Crippen LogP contribution in [0.25, 0.3) is 0 Å². The Morgan fingerprint density at radius 1 is 1.60 bits per heavy atom. The van der Waals surface area contributed by atoms with Crippen LogP contribution in [-0.4, -0.2) is 62.0 Å². The average molecular weight is 216 g/mol. The van der Waals surface area contributed by atoms with E-state index in [2.05, 4.69) is 17.1 Å². The standard InChI is InChI=1S/C11H24N2O2/c1-3-13-4-5-15-11(8-13)7-12-6-10(2)9-14/h10-12,14H,3-9H2,1-2H3. The zero-order valence-corrected chi connectivity index (χ0v) is 9.91. The van der Waals surface area contributed by atoms with Crippen LogP contribution in [0.2, 0.25) is 0 Å². The molecule has 90 valence electrons. The van der Waals surface area contributed by atoms with Gasteiger partial charge in [0.15, 0.2) is 0 Å². The van der Waals surface area contributed by atoms with Crippen molar-refractivity contribution in [2.75, 3.05) is 45.9 Å². The molecule has 1 aliphatic heterocycles. The first kappa shape index (κ1) is 12.9. The van der Waals surface area contributed by atoms with E-state index in [1.54, 1.807) is 0 Å². The zero-order chi connectivity index (χ0) is 11.1. The molecule has 15 heavy (non-hydrogen) atoms. The molecule has 0 aromatic carbocycles. The van der Waals surface area contributed by atoms with Crippen molar-refractivity contribution in [2.24, 2.45) is 5.92 Å². The molecule has 0 bridgehead atoms. The Labute approximate surface area is 92.6 Å². The van der Waals surface area contributed by atoms with Crippen molar-refractivity contribution in [3.63, 3.8) is 0 Å². The van der Waals surface area contributed by atoms with E-state index >= 15 is 0 Å². The molecule has 0 spiro atoms. The lowest BCUT2D eigenvalue weighted by Crippen LogP contribution is -2.47. The van der Waals surface area contributed by atoms with E-state index in [9.17, 15) is 0 Å².